The van der Waals surface area contributed by atoms with Gasteiger partial charge in [0.25, 0.3) is 0 Å². The van der Waals surface area contributed by atoms with Crippen LogP contribution in [-0.2, 0) is 23.8 Å². The van der Waals surface area contributed by atoms with Gasteiger partial charge in [-0.25, -0.2) is 4.98 Å². The summed E-state index contributed by atoms with van der Waals surface area (Å²) in [5, 5.41) is 0.648. The minimum atomic E-state index is -4.38. The molecule has 0 atom stereocenters. The van der Waals surface area contributed by atoms with Crippen LogP contribution < -0.4 is 0 Å². The van der Waals surface area contributed by atoms with Crippen LogP contribution in [0.15, 0.2) is 18.2 Å². The number of carbonyl (C=O) groups is 1. The van der Waals surface area contributed by atoms with Crippen molar-refractivity contribution in [3.8, 4) is 11.3 Å². The summed E-state index contributed by atoms with van der Waals surface area (Å²) in [4.78, 5) is 16.5. The molecule has 2 aromatic rings. The van der Waals surface area contributed by atoms with Gasteiger partial charge >= 0.3 is 6.18 Å². The van der Waals surface area contributed by atoms with Crippen molar-refractivity contribution >= 4 is 17.1 Å². The molecular formula is C16H16F3NOS. The van der Waals surface area contributed by atoms with E-state index in [1.54, 1.807) is 13.0 Å². The van der Waals surface area contributed by atoms with Crippen LogP contribution in [0.4, 0.5) is 13.2 Å². The maximum absolute atomic E-state index is 13.0. The number of aromatic nitrogens is 1. The lowest BCUT2D eigenvalue weighted by Gasteiger charge is -2.10. The molecule has 0 spiro atoms. The van der Waals surface area contributed by atoms with Crippen LogP contribution >= 0.6 is 11.3 Å². The number of alkyl halides is 3. The Hall–Kier alpha value is -1.69. The van der Waals surface area contributed by atoms with E-state index in [2.05, 4.69) is 4.98 Å². The Morgan fingerprint density at radius 2 is 1.95 bits per heavy atom. The zero-order chi connectivity index (χ0) is 16.5. The summed E-state index contributed by atoms with van der Waals surface area (Å²) in [7, 11) is 0. The summed E-state index contributed by atoms with van der Waals surface area (Å²) in [6.07, 6.45) is -3.50. The number of ketones is 1. The van der Waals surface area contributed by atoms with E-state index in [1.807, 2.05) is 6.92 Å². The van der Waals surface area contributed by atoms with Crippen molar-refractivity contribution < 1.29 is 18.0 Å². The quantitative estimate of drug-likeness (QED) is 0.805. The highest BCUT2D eigenvalue weighted by atomic mass is 32.1. The fourth-order valence-corrected chi connectivity index (χ4v) is 3.34. The molecular weight excluding hydrogens is 311 g/mol. The molecule has 0 bridgehead atoms. The smallest absolute Gasteiger partial charge is 0.300 e. The summed E-state index contributed by atoms with van der Waals surface area (Å²) >= 11 is 1.39. The van der Waals surface area contributed by atoms with E-state index in [-0.39, 0.29) is 12.2 Å². The lowest BCUT2D eigenvalue weighted by molar-refractivity contribution is -0.137. The molecule has 22 heavy (non-hydrogen) atoms. The molecule has 0 saturated carbocycles. The topological polar surface area (TPSA) is 30.0 Å². The number of carbonyl (C=O) groups excluding carboxylic acids is 1. The standard InChI is InChI=1S/C16H16F3NOS/c1-4-13-15(20-14(22-13)7-10(3)21)11-5-9(2)6-12(8-11)16(17,18)19/h5-6,8H,4,7H2,1-3H3. The van der Waals surface area contributed by atoms with Gasteiger partial charge in [-0.3, -0.25) is 4.79 Å². The summed E-state index contributed by atoms with van der Waals surface area (Å²) in [5.74, 6) is -0.0109. The second-order valence-electron chi connectivity index (χ2n) is 5.20. The molecule has 0 saturated heterocycles. The number of halogens is 3. The Morgan fingerprint density at radius 3 is 2.50 bits per heavy atom. The van der Waals surface area contributed by atoms with Crippen LogP contribution in [0.3, 0.4) is 0 Å². The Kier molecular flexibility index (Phi) is 4.70. The molecule has 118 valence electrons. The van der Waals surface area contributed by atoms with Gasteiger partial charge in [0, 0.05) is 10.4 Å². The number of benzene rings is 1. The Balaban J connectivity index is 2.53. The molecule has 6 heteroatoms. The summed E-state index contributed by atoms with van der Waals surface area (Å²) in [6.45, 7) is 5.03. The Morgan fingerprint density at radius 1 is 1.27 bits per heavy atom. The number of hydrogen-bond acceptors (Lipinski definition) is 3. The highest BCUT2D eigenvalue weighted by Gasteiger charge is 2.31. The third-order valence-electron chi connectivity index (χ3n) is 3.14. The van der Waals surface area contributed by atoms with Gasteiger partial charge in [-0.1, -0.05) is 6.92 Å². The molecule has 0 radical (unpaired) electrons. The second-order valence-corrected chi connectivity index (χ2v) is 6.37. The molecule has 1 aromatic carbocycles. The van der Waals surface area contributed by atoms with Crippen molar-refractivity contribution in [2.45, 2.75) is 39.8 Å². The molecule has 0 N–H and O–H groups in total. The van der Waals surface area contributed by atoms with Crippen molar-refractivity contribution in [1.29, 1.82) is 0 Å². The van der Waals surface area contributed by atoms with Crippen molar-refractivity contribution in [1.82, 2.24) is 4.98 Å². The monoisotopic (exact) mass is 327 g/mol. The number of hydrogen-bond donors (Lipinski definition) is 0. The molecule has 0 aliphatic heterocycles. The lowest BCUT2D eigenvalue weighted by atomic mass is 10.0. The van der Waals surface area contributed by atoms with E-state index in [4.69, 9.17) is 0 Å². The number of rotatable bonds is 4. The molecule has 2 nitrogen and oxygen atoms in total. The van der Waals surface area contributed by atoms with Gasteiger partial charge in [0.05, 0.1) is 17.7 Å². The lowest BCUT2D eigenvalue weighted by Crippen LogP contribution is -2.05. The summed E-state index contributed by atoms with van der Waals surface area (Å²) in [5.41, 5.74) is 0.867. The van der Waals surface area contributed by atoms with Gasteiger partial charge in [-0.05, 0) is 44.0 Å². The molecule has 0 fully saturated rings. The zero-order valence-electron chi connectivity index (χ0n) is 12.5. The fourth-order valence-electron chi connectivity index (χ4n) is 2.24. The third-order valence-corrected chi connectivity index (χ3v) is 4.34. The second kappa shape index (κ2) is 6.20. The highest BCUT2D eigenvalue weighted by molar-refractivity contribution is 7.12. The first kappa shape index (κ1) is 16.7. The van der Waals surface area contributed by atoms with Crippen LogP contribution in [0.2, 0.25) is 0 Å². The van der Waals surface area contributed by atoms with Gasteiger partial charge in [-0.15, -0.1) is 11.3 Å². The number of nitrogens with zero attached hydrogens (tertiary/aromatic N) is 1. The molecule has 1 aromatic heterocycles. The van der Waals surface area contributed by atoms with Gasteiger partial charge in [0.2, 0.25) is 0 Å². The van der Waals surface area contributed by atoms with Crippen LogP contribution in [0.5, 0.6) is 0 Å². The number of Topliss-reactive ketones (excluding diaryl/α,β-unsaturated/α-hetero) is 1. The minimum Gasteiger partial charge on any atom is -0.300 e. The van der Waals surface area contributed by atoms with Crippen molar-refractivity contribution in [3.63, 3.8) is 0 Å². The van der Waals surface area contributed by atoms with Gasteiger partial charge in [-0.2, -0.15) is 13.2 Å². The number of thiazole rings is 1. The molecule has 1 heterocycles. The van der Waals surface area contributed by atoms with E-state index in [0.29, 0.717) is 28.2 Å². The predicted octanol–water partition coefficient (Wildman–Crippen LogP) is 4.83. The first-order chi connectivity index (χ1) is 10.2. The summed E-state index contributed by atoms with van der Waals surface area (Å²) < 4.78 is 38.9. The minimum absolute atomic E-state index is 0.0109. The first-order valence-electron chi connectivity index (χ1n) is 6.88. The van der Waals surface area contributed by atoms with E-state index in [0.717, 1.165) is 17.0 Å². The molecule has 0 amide bonds. The molecule has 0 unspecified atom stereocenters. The van der Waals surface area contributed by atoms with Crippen LogP contribution in [0, 0.1) is 6.92 Å². The maximum atomic E-state index is 13.0. The molecule has 0 aliphatic carbocycles. The summed E-state index contributed by atoms with van der Waals surface area (Å²) in [6, 6.07) is 3.94. The average Bonchev–Trinajstić information content (AvgIpc) is 2.79. The Labute approximate surface area is 131 Å². The molecule has 0 aliphatic rings. The van der Waals surface area contributed by atoms with Crippen LogP contribution in [0.1, 0.15) is 34.9 Å². The van der Waals surface area contributed by atoms with E-state index < -0.39 is 11.7 Å². The largest absolute Gasteiger partial charge is 0.416 e. The first-order valence-corrected chi connectivity index (χ1v) is 7.69. The average molecular weight is 327 g/mol. The van der Waals surface area contributed by atoms with Gasteiger partial charge in [0.1, 0.15) is 10.8 Å². The Bertz CT molecular complexity index is 704. The maximum Gasteiger partial charge on any atom is 0.416 e. The van der Waals surface area contributed by atoms with Crippen LogP contribution in [-0.4, -0.2) is 10.8 Å². The number of aryl methyl sites for hydroxylation is 2. The molecule has 2 rings (SSSR count). The highest BCUT2D eigenvalue weighted by Crippen LogP contribution is 2.35. The fraction of sp³-hybridized carbons (Fsp3) is 0.375. The van der Waals surface area contributed by atoms with Crippen molar-refractivity contribution in [3.05, 3.63) is 39.2 Å². The van der Waals surface area contributed by atoms with E-state index >= 15 is 0 Å². The van der Waals surface area contributed by atoms with E-state index in [1.165, 1.54) is 18.3 Å². The van der Waals surface area contributed by atoms with Crippen molar-refractivity contribution in [2.75, 3.05) is 0 Å². The zero-order valence-corrected chi connectivity index (χ0v) is 13.4. The van der Waals surface area contributed by atoms with Gasteiger partial charge in [0.15, 0.2) is 0 Å². The third kappa shape index (κ3) is 3.74. The van der Waals surface area contributed by atoms with Crippen LogP contribution in [0.25, 0.3) is 11.3 Å². The van der Waals surface area contributed by atoms with E-state index in [9.17, 15) is 18.0 Å². The van der Waals surface area contributed by atoms with Crippen molar-refractivity contribution in [2.24, 2.45) is 0 Å². The normalized spacial score (nSPS) is 11.7. The predicted molar refractivity (Wildman–Crippen MR) is 81.1 cm³/mol. The SMILES string of the molecule is CCc1sc(CC(C)=O)nc1-c1cc(C)cc(C(F)(F)F)c1. The van der Waals surface area contributed by atoms with Gasteiger partial charge < -0.3 is 0 Å².